The molecule has 2 aromatic rings. The Labute approximate surface area is 152 Å². The molecule has 26 heavy (non-hydrogen) atoms. The molecule has 0 atom stereocenters. The molecule has 3 amide bonds. The summed E-state index contributed by atoms with van der Waals surface area (Å²) >= 11 is 0. The molecular formula is C19H23N3O4. The number of urea groups is 1. The fourth-order valence-corrected chi connectivity index (χ4v) is 2.24. The Morgan fingerprint density at radius 1 is 0.731 bits per heavy atom. The Kier molecular flexibility index (Phi) is 7.60. The maximum atomic E-state index is 12.1. The van der Waals surface area contributed by atoms with E-state index in [1.54, 1.807) is 24.3 Å². The molecule has 0 aliphatic carbocycles. The molecule has 7 nitrogen and oxygen atoms in total. The van der Waals surface area contributed by atoms with Crippen LogP contribution in [-0.2, 0) is 19.7 Å². The van der Waals surface area contributed by atoms with Crippen molar-refractivity contribution in [3.8, 4) is 0 Å². The van der Waals surface area contributed by atoms with Gasteiger partial charge in [-0.3, -0.25) is 4.79 Å². The number of benzene rings is 2. The van der Waals surface area contributed by atoms with Crippen LogP contribution in [0.2, 0.25) is 0 Å². The highest BCUT2D eigenvalue weighted by molar-refractivity contribution is 5.94. The maximum absolute atomic E-state index is 12.1. The molecule has 0 aromatic heterocycles. The van der Waals surface area contributed by atoms with Crippen LogP contribution in [-0.4, -0.2) is 35.3 Å². The van der Waals surface area contributed by atoms with Gasteiger partial charge in [-0.25, -0.2) is 4.79 Å². The van der Waals surface area contributed by atoms with Gasteiger partial charge in [0.25, 0.3) is 5.91 Å². The number of aliphatic hydroxyl groups excluding tert-OH is 2. The molecular weight excluding hydrogens is 334 g/mol. The zero-order valence-corrected chi connectivity index (χ0v) is 14.4. The first kappa shape index (κ1) is 19.4. The van der Waals surface area contributed by atoms with Gasteiger partial charge in [-0.05, 0) is 28.8 Å². The van der Waals surface area contributed by atoms with E-state index in [9.17, 15) is 9.59 Å². The van der Waals surface area contributed by atoms with E-state index in [1.165, 1.54) is 0 Å². The lowest BCUT2D eigenvalue weighted by atomic mass is 10.1. The van der Waals surface area contributed by atoms with Crippen molar-refractivity contribution >= 4 is 11.9 Å². The highest BCUT2D eigenvalue weighted by atomic mass is 16.3. The van der Waals surface area contributed by atoms with E-state index in [1.807, 2.05) is 24.3 Å². The molecule has 0 radical (unpaired) electrons. The van der Waals surface area contributed by atoms with Crippen LogP contribution in [0.25, 0.3) is 0 Å². The quantitative estimate of drug-likeness (QED) is 0.483. The van der Waals surface area contributed by atoms with E-state index in [2.05, 4.69) is 16.0 Å². The molecule has 0 fully saturated rings. The topological polar surface area (TPSA) is 111 Å². The average molecular weight is 357 g/mol. The van der Waals surface area contributed by atoms with Crippen molar-refractivity contribution in [1.82, 2.24) is 16.0 Å². The summed E-state index contributed by atoms with van der Waals surface area (Å²) in [6.45, 7) is 0.838. The van der Waals surface area contributed by atoms with Gasteiger partial charge < -0.3 is 26.2 Å². The van der Waals surface area contributed by atoms with Crippen molar-refractivity contribution in [1.29, 1.82) is 0 Å². The molecule has 0 unspecified atom stereocenters. The Hall–Kier alpha value is -2.90. The van der Waals surface area contributed by atoms with Crippen molar-refractivity contribution in [2.24, 2.45) is 0 Å². The first-order valence-corrected chi connectivity index (χ1v) is 8.30. The van der Waals surface area contributed by atoms with Gasteiger partial charge in [0, 0.05) is 25.2 Å². The molecule has 0 aliphatic heterocycles. The minimum atomic E-state index is -0.331. The van der Waals surface area contributed by atoms with E-state index < -0.39 is 0 Å². The molecule has 2 rings (SSSR count). The van der Waals surface area contributed by atoms with Crippen LogP contribution < -0.4 is 16.0 Å². The van der Waals surface area contributed by atoms with Crippen LogP contribution in [0.4, 0.5) is 4.79 Å². The normalized spacial score (nSPS) is 10.2. The van der Waals surface area contributed by atoms with Gasteiger partial charge in [0.15, 0.2) is 0 Å². The summed E-state index contributed by atoms with van der Waals surface area (Å²) in [4.78, 5) is 23.5. The molecule has 138 valence electrons. The average Bonchev–Trinajstić information content (AvgIpc) is 2.69. The number of aliphatic hydroxyl groups is 2. The lowest BCUT2D eigenvalue weighted by molar-refractivity contribution is 0.0950. The summed E-state index contributed by atoms with van der Waals surface area (Å²) in [6.07, 6.45) is 0. The molecule has 0 heterocycles. The Morgan fingerprint density at radius 2 is 1.27 bits per heavy atom. The highest BCUT2D eigenvalue weighted by Gasteiger charge is 2.05. The summed E-state index contributed by atoms with van der Waals surface area (Å²) in [5.74, 6) is -0.180. The first-order valence-electron chi connectivity index (χ1n) is 8.30. The second kappa shape index (κ2) is 10.2. The second-order valence-corrected chi connectivity index (χ2v) is 5.69. The predicted molar refractivity (Wildman–Crippen MR) is 97.3 cm³/mol. The molecule has 0 bridgehead atoms. The number of amides is 3. The Morgan fingerprint density at radius 3 is 1.81 bits per heavy atom. The molecule has 0 aliphatic rings. The van der Waals surface area contributed by atoms with E-state index in [-0.39, 0.29) is 31.7 Å². The number of nitrogens with one attached hydrogen (secondary N) is 3. The van der Waals surface area contributed by atoms with Crippen LogP contribution >= 0.6 is 0 Å². The summed E-state index contributed by atoms with van der Waals surface area (Å²) < 4.78 is 0. The number of carbonyl (C=O) groups is 2. The van der Waals surface area contributed by atoms with Gasteiger partial charge in [-0.1, -0.05) is 36.4 Å². The van der Waals surface area contributed by atoms with Crippen molar-refractivity contribution in [3.63, 3.8) is 0 Å². The van der Waals surface area contributed by atoms with Gasteiger partial charge in [0.2, 0.25) is 0 Å². The Bertz CT molecular complexity index is 715. The Balaban J connectivity index is 1.79. The number of hydrogen-bond acceptors (Lipinski definition) is 4. The third-order valence-electron chi connectivity index (χ3n) is 3.73. The second-order valence-electron chi connectivity index (χ2n) is 5.69. The SMILES string of the molecule is O=C(NCCO)NCc1ccc(CNC(=O)c2ccc(CO)cc2)cc1. The number of carbonyl (C=O) groups excluding carboxylic acids is 2. The van der Waals surface area contributed by atoms with Crippen molar-refractivity contribution in [3.05, 3.63) is 70.8 Å². The minimum absolute atomic E-state index is 0.0494. The van der Waals surface area contributed by atoms with E-state index in [0.717, 1.165) is 16.7 Å². The van der Waals surface area contributed by atoms with Gasteiger partial charge in [-0.15, -0.1) is 0 Å². The van der Waals surface area contributed by atoms with Crippen LogP contribution in [0.3, 0.4) is 0 Å². The summed E-state index contributed by atoms with van der Waals surface area (Å²) in [5, 5.41) is 25.7. The molecule has 7 heteroatoms. The predicted octanol–water partition coefficient (Wildman–Crippen LogP) is 0.900. The van der Waals surface area contributed by atoms with Crippen LogP contribution in [0.1, 0.15) is 27.0 Å². The smallest absolute Gasteiger partial charge is 0.315 e. The lowest BCUT2D eigenvalue weighted by Crippen LogP contribution is -2.36. The molecule has 0 saturated carbocycles. The third kappa shape index (κ3) is 6.19. The lowest BCUT2D eigenvalue weighted by Gasteiger charge is -2.09. The zero-order chi connectivity index (χ0) is 18.8. The van der Waals surface area contributed by atoms with Crippen LogP contribution in [0, 0.1) is 0 Å². The molecule has 5 N–H and O–H groups in total. The first-order chi connectivity index (χ1) is 12.6. The fraction of sp³-hybridized carbons (Fsp3) is 0.263. The largest absolute Gasteiger partial charge is 0.395 e. The summed E-state index contributed by atoms with van der Waals surface area (Å²) in [6, 6.07) is 14.0. The number of rotatable bonds is 8. The van der Waals surface area contributed by atoms with Crippen LogP contribution in [0.5, 0.6) is 0 Å². The zero-order valence-electron chi connectivity index (χ0n) is 14.4. The van der Waals surface area contributed by atoms with E-state index >= 15 is 0 Å². The van der Waals surface area contributed by atoms with Crippen molar-refractivity contribution in [2.45, 2.75) is 19.7 Å². The van der Waals surface area contributed by atoms with Gasteiger partial charge in [0.1, 0.15) is 0 Å². The van der Waals surface area contributed by atoms with Gasteiger partial charge in [-0.2, -0.15) is 0 Å². The summed E-state index contributed by atoms with van der Waals surface area (Å²) in [5.41, 5.74) is 3.17. The van der Waals surface area contributed by atoms with Gasteiger partial charge >= 0.3 is 6.03 Å². The van der Waals surface area contributed by atoms with Crippen molar-refractivity contribution in [2.75, 3.05) is 13.2 Å². The minimum Gasteiger partial charge on any atom is -0.395 e. The standard InChI is InChI=1S/C19H23N3O4/c23-10-9-20-19(26)22-12-15-3-1-14(2-4-15)11-21-18(25)17-7-5-16(13-24)6-8-17/h1-8,23-24H,9-13H2,(H,21,25)(H2,20,22,26). The monoisotopic (exact) mass is 357 g/mol. The summed E-state index contributed by atoms with van der Waals surface area (Å²) in [7, 11) is 0. The van der Waals surface area contributed by atoms with Crippen molar-refractivity contribution < 1.29 is 19.8 Å². The molecule has 0 spiro atoms. The molecule has 2 aromatic carbocycles. The third-order valence-corrected chi connectivity index (χ3v) is 3.73. The highest BCUT2D eigenvalue weighted by Crippen LogP contribution is 2.07. The van der Waals surface area contributed by atoms with Gasteiger partial charge in [0.05, 0.1) is 13.2 Å². The molecule has 0 saturated heterocycles. The maximum Gasteiger partial charge on any atom is 0.315 e. The van der Waals surface area contributed by atoms with E-state index in [4.69, 9.17) is 10.2 Å². The fourth-order valence-electron chi connectivity index (χ4n) is 2.24. The van der Waals surface area contributed by atoms with E-state index in [0.29, 0.717) is 18.7 Å². The van der Waals surface area contributed by atoms with Crippen LogP contribution in [0.15, 0.2) is 48.5 Å². The number of hydrogen-bond donors (Lipinski definition) is 5.